The normalized spacial score (nSPS) is 43.7. The zero-order chi connectivity index (χ0) is 13.1. The molecule has 2 atom stereocenters. The summed E-state index contributed by atoms with van der Waals surface area (Å²) in [6.45, 7) is 0.899. The van der Waals surface area contributed by atoms with Gasteiger partial charge in [-0.15, -0.1) is 0 Å². The molecule has 0 aromatic heterocycles. The maximum atomic E-state index is 6.19. The van der Waals surface area contributed by atoms with E-state index < -0.39 is 0 Å². The summed E-state index contributed by atoms with van der Waals surface area (Å²) in [5.74, 6) is 1.87. The van der Waals surface area contributed by atoms with Crippen molar-refractivity contribution in [2.45, 2.75) is 43.9 Å². The van der Waals surface area contributed by atoms with Crippen molar-refractivity contribution >= 4 is 15.9 Å². The van der Waals surface area contributed by atoms with Gasteiger partial charge in [0.05, 0.1) is 0 Å². The van der Waals surface area contributed by atoms with Crippen molar-refractivity contribution < 1.29 is 0 Å². The Morgan fingerprint density at radius 1 is 1.16 bits per heavy atom. The highest BCUT2D eigenvalue weighted by Gasteiger charge is 2.57. The van der Waals surface area contributed by atoms with Gasteiger partial charge >= 0.3 is 0 Å². The van der Waals surface area contributed by atoms with Crippen LogP contribution in [0.2, 0.25) is 0 Å². The van der Waals surface area contributed by atoms with Gasteiger partial charge < -0.3 is 5.73 Å². The monoisotopic (exact) mass is 319 g/mol. The maximum absolute atomic E-state index is 6.19. The molecule has 2 heteroatoms. The molecule has 4 aliphatic carbocycles. The molecule has 0 heterocycles. The minimum absolute atomic E-state index is 0.438. The summed E-state index contributed by atoms with van der Waals surface area (Å²) in [5, 5.41) is 0. The van der Waals surface area contributed by atoms with Crippen LogP contribution in [-0.4, -0.2) is 6.54 Å². The molecule has 0 aliphatic heterocycles. The lowest BCUT2D eigenvalue weighted by Gasteiger charge is -2.62. The standard InChI is InChI=1S/C17H22BrN/c18-15-3-1-2-14(5-15)17-8-12-4-13(9-17)7-16(6-12,10-17)11-19/h1-3,5,12-13H,4,6-11,19H2. The third-order valence-electron chi connectivity index (χ3n) is 6.05. The second-order valence-electron chi connectivity index (χ2n) is 7.46. The molecule has 0 saturated heterocycles. The van der Waals surface area contributed by atoms with Crippen LogP contribution >= 0.6 is 15.9 Å². The molecule has 4 fully saturated rings. The molecule has 0 spiro atoms. The van der Waals surface area contributed by atoms with Gasteiger partial charge in [0.25, 0.3) is 0 Å². The lowest BCUT2D eigenvalue weighted by molar-refractivity contribution is -0.0667. The molecule has 19 heavy (non-hydrogen) atoms. The zero-order valence-electron chi connectivity index (χ0n) is 11.4. The van der Waals surface area contributed by atoms with Crippen LogP contribution in [0.5, 0.6) is 0 Å². The van der Waals surface area contributed by atoms with Crippen molar-refractivity contribution in [1.29, 1.82) is 0 Å². The van der Waals surface area contributed by atoms with Crippen LogP contribution in [0.15, 0.2) is 28.7 Å². The zero-order valence-corrected chi connectivity index (χ0v) is 13.0. The molecule has 1 aromatic rings. The molecule has 0 radical (unpaired) electrons. The van der Waals surface area contributed by atoms with Crippen LogP contribution in [0.25, 0.3) is 0 Å². The quantitative estimate of drug-likeness (QED) is 0.866. The summed E-state index contributed by atoms with van der Waals surface area (Å²) in [7, 11) is 0. The van der Waals surface area contributed by atoms with E-state index in [1.165, 1.54) is 43.0 Å². The van der Waals surface area contributed by atoms with Gasteiger partial charge in [-0.3, -0.25) is 0 Å². The molecule has 4 aliphatic rings. The van der Waals surface area contributed by atoms with E-state index in [1.807, 2.05) is 0 Å². The van der Waals surface area contributed by atoms with Gasteiger partial charge in [-0.2, -0.15) is 0 Å². The van der Waals surface area contributed by atoms with Gasteiger partial charge in [0, 0.05) is 4.47 Å². The summed E-state index contributed by atoms with van der Waals surface area (Å²) in [5.41, 5.74) is 8.65. The third-order valence-corrected chi connectivity index (χ3v) is 6.55. The Bertz CT molecular complexity index is 496. The van der Waals surface area contributed by atoms with Gasteiger partial charge in [0.2, 0.25) is 0 Å². The molecule has 102 valence electrons. The second-order valence-corrected chi connectivity index (χ2v) is 8.37. The van der Waals surface area contributed by atoms with Gasteiger partial charge in [0.1, 0.15) is 0 Å². The predicted octanol–water partition coefficient (Wildman–Crippen LogP) is 4.25. The molecule has 1 nitrogen and oxygen atoms in total. The van der Waals surface area contributed by atoms with Crippen LogP contribution in [0.4, 0.5) is 0 Å². The Hall–Kier alpha value is -0.340. The van der Waals surface area contributed by atoms with E-state index in [1.54, 1.807) is 5.56 Å². The molecule has 1 aromatic carbocycles. The van der Waals surface area contributed by atoms with Crippen molar-refractivity contribution in [2.24, 2.45) is 23.0 Å². The minimum atomic E-state index is 0.438. The van der Waals surface area contributed by atoms with Crippen molar-refractivity contribution in [3.05, 3.63) is 34.3 Å². The van der Waals surface area contributed by atoms with Crippen LogP contribution in [0, 0.1) is 17.3 Å². The third kappa shape index (κ3) is 1.83. The van der Waals surface area contributed by atoms with Crippen LogP contribution < -0.4 is 5.73 Å². The molecule has 0 amide bonds. The molecule has 4 bridgehead atoms. The first kappa shape index (κ1) is 12.4. The van der Waals surface area contributed by atoms with Crippen molar-refractivity contribution in [2.75, 3.05) is 6.54 Å². The van der Waals surface area contributed by atoms with E-state index in [2.05, 4.69) is 40.2 Å². The Morgan fingerprint density at radius 2 is 1.89 bits per heavy atom. The predicted molar refractivity (Wildman–Crippen MR) is 82.0 cm³/mol. The van der Waals surface area contributed by atoms with E-state index in [0.717, 1.165) is 18.4 Å². The summed E-state index contributed by atoms with van der Waals surface area (Å²) < 4.78 is 1.22. The average molecular weight is 320 g/mol. The number of rotatable bonds is 2. The van der Waals surface area contributed by atoms with E-state index in [4.69, 9.17) is 5.73 Å². The van der Waals surface area contributed by atoms with Gasteiger partial charge in [-0.1, -0.05) is 28.1 Å². The van der Waals surface area contributed by atoms with E-state index in [0.29, 0.717) is 10.8 Å². The second kappa shape index (κ2) is 4.08. The smallest absolute Gasteiger partial charge is 0.0178 e. The molecule has 4 saturated carbocycles. The molecule has 5 rings (SSSR count). The molecule has 2 unspecified atom stereocenters. The largest absolute Gasteiger partial charge is 0.330 e. The summed E-state index contributed by atoms with van der Waals surface area (Å²) in [6, 6.07) is 9.05. The number of hydrogen-bond donors (Lipinski definition) is 1. The first-order valence-electron chi connectivity index (χ1n) is 7.59. The Morgan fingerprint density at radius 3 is 2.53 bits per heavy atom. The summed E-state index contributed by atoms with van der Waals surface area (Å²) in [6.07, 6.45) is 8.41. The average Bonchev–Trinajstić information content (AvgIpc) is 2.37. The Kier molecular flexibility index (Phi) is 2.66. The van der Waals surface area contributed by atoms with Crippen molar-refractivity contribution in [1.82, 2.24) is 0 Å². The fourth-order valence-corrected chi connectivity index (χ4v) is 6.25. The number of halogens is 1. The fraction of sp³-hybridized carbons (Fsp3) is 0.647. The SMILES string of the molecule is NCC12CC3CC(C1)CC(c1cccc(Br)c1)(C3)C2. The maximum Gasteiger partial charge on any atom is 0.0178 e. The topological polar surface area (TPSA) is 26.0 Å². The van der Waals surface area contributed by atoms with Crippen LogP contribution in [-0.2, 0) is 5.41 Å². The number of benzene rings is 1. The highest BCUT2D eigenvalue weighted by atomic mass is 79.9. The Labute approximate surface area is 124 Å². The molecular formula is C17H22BrN. The first-order valence-corrected chi connectivity index (χ1v) is 8.39. The minimum Gasteiger partial charge on any atom is -0.330 e. The van der Waals surface area contributed by atoms with Gasteiger partial charge in [-0.05, 0) is 85.4 Å². The van der Waals surface area contributed by atoms with E-state index in [-0.39, 0.29) is 0 Å². The molecular weight excluding hydrogens is 298 g/mol. The van der Waals surface area contributed by atoms with Gasteiger partial charge in [0.15, 0.2) is 0 Å². The summed E-state index contributed by atoms with van der Waals surface area (Å²) in [4.78, 5) is 0. The highest BCUT2D eigenvalue weighted by molar-refractivity contribution is 9.10. The van der Waals surface area contributed by atoms with Crippen LogP contribution in [0.3, 0.4) is 0 Å². The number of nitrogens with two attached hydrogens (primary N) is 1. The lowest BCUT2D eigenvalue weighted by Crippen LogP contribution is -2.56. The Balaban J connectivity index is 1.78. The molecule has 2 N–H and O–H groups in total. The van der Waals surface area contributed by atoms with E-state index in [9.17, 15) is 0 Å². The lowest BCUT2D eigenvalue weighted by atomic mass is 9.43. The first-order chi connectivity index (χ1) is 9.13. The number of hydrogen-bond acceptors (Lipinski definition) is 1. The summed E-state index contributed by atoms with van der Waals surface area (Å²) >= 11 is 3.65. The van der Waals surface area contributed by atoms with E-state index >= 15 is 0 Å². The van der Waals surface area contributed by atoms with Crippen molar-refractivity contribution in [3.8, 4) is 0 Å². The highest BCUT2D eigenvalue weighted by Crippen LogP contribution is 2.65. The van der Waals surface area contributed by atoms with Crippen LogP contribution in [0.1, 0.15) is 44.1 Å². The van der Waals surface area contributed by atoms with Crippen molar-refractivity contribution in [3.63, 3.8) is 0 Å². The van der Waals surface area contributed by atoms with Gasteiger partial charge in [-0.25, -0.2) is 0 Å². The fourth-order valence-electron chi connectivity index (χ4n) is 5.85.